The van der Waals surface area contributed by atoms with Crippen LogP contribution in [0.5, 0.6) is 0 Å². The van der Waals surface area contributed by atoms with E-state index in [-0.39, 0.29) is 22.4 Å². The van der Waals surface area contributed by atoms with Crippen molar-refractivity contribution in [3.05, 3.63) is 33.4 Å². The molecule has 0 fully saturated rings. The zero-order valence-electron chi connectivity index (χ0n) is 10.2. The minimum atomic E-state index is -0.364. The highest BCUT2D eigenvalue weighted by atomic mass is 16.6. The van der Waals surface area contributed by atoms with Gasteiger partial charge in [-0.25, -0.2) is 0 Å². The highest BCUT2D eigenvalue weighted by Gasteiger charge is 2.17. The second-order valence-corrected chi connectivity index (χ2v) is 4.60. The first-order chi connectivity index (χ1) is 7.34. The smallest absolute Gasteiger partial charge is 0.270 e. The summed E-state index contributed by atoms with van der Waals surface area (Å²) in [6.45, 7) is 7.94. The molecule has 0 bridgehead atoms. The largest absolute Gasteiger partial charge is 0.398 e. The normalized spacial score (nSPS) is 11.1. The number of nitro groups is 1. The quantitative estimate of drug-likeness (QED) is 0.484. The van der Waals surface area contributed by atoms with Gasteiger partial charge in [-0.15, -0.1) is 0 Å². The number of non-ortho nitro benzene ring substituents is 1. The number of hydrogen-bond donors (Lipinski definition) is 1. The molecular weight excluding hydrogens is 204 g/mol. The second kappa shape index (κ2) is 4.51. The Hall–Kier alpha value is -1.58. The summed E-state index contributed by atoms with van der Waals surface area (Å²) >= 11 is 0. The number of hydrogen-bond acceptors (Lipinski definition) is 3. The van der Waals surface area contributed by atoms with E-state index in [0.29, 0.717) is 5.69 Å². The molecule has 0 aliphatic heterocycles. The summed E-state index contributed by atoms with van der Waals surface area (Å²) in [6, 6.07) is 3.15. The maximum Gasteiger partial charge on any atom is 0.270 e. The molecule has 88 valence electrons. The van der Waals surface area contributed by atoms with Gasteiger partial charge < -0.3 is 5.73 Å². The third kappa shape index (κ3) is 2.32. The molecule has 0 radical (unpaired) electrons. The van der Waals surface area contributed by atoms with Crippen molar-refractivity contribution in [2.24, 2.45) is 0 Å². The lowest BCUT2D eigenvalue weighted by molar-refractivity contribution is -0.385. The van der Waals surface area contributed by atoms with Crippen LogP contribution in [0.1, 0.15) is 50.7 Å². The Kier molecular flexibility index (Phi) is 3.52. The van der Waals surface area contributed by atoms with Crippen molar-refractivity contribution in [3.8, 4) is 0 Å². The van der Waals surface area contributed by atoms with Gasteiger partial charge in [0.05, 0.1) is 4.92 Å². The van der Waals surface area contributed by atoms with E-state index in [1.165, 1.54) is 0 Å². The lowest BCUT2D eigenvalue weighted by Gasteiger charge is -2.15. The summed E-state index contributed by atoms with van der Waals surface area (Å²) in [5, 5.41) is 10.8. The van der Waals surface area contributed by atoms with E-state index >= 15 is 0 Å². The van der Waals surface area contributed by atoms with Crippen molar-refractivity contribution >= 4 is 11.4 Å². The first-order valence-corrected chi connectivity index (χ1v) is 5.42. The van der Waals surface area contributed by atoms with Crippen molar-refractivity contribution in [2.75, 3.05) is 5.73 Å². The fourth-order valence-corrected chi connectivity index (χ4v) is 1.74. The number of rotatable bonds is 3. The molecule has 4 nitrogen and oxygen atoms in total. The average Bonchev–Trinajstić information content (AvgIpc) is 2.16. The zero-order valence-corrected chi connectivity index (χ0v) is 10.2. The fourth-order valence-electron chi connectivity index (χ4n) is 1.74. The molecule has 1 aromatic carbocycles. The molecule has 0 aliphatic rings. The van der Waals surface area contributed by atoms with Crippen LogP contribution in [0.3, 0.4) is 0 Å². The first kappa shape index (κ1) is 12.5. The van der Waals surface area contributed by atoms with Crippen LogP contribution in [0.2, 0.25) is 0 Å². The van der Waals surface area contributed by atoms with Gasteiger partial charge in [0.25, 0.3) is 5.69 Å². The molecule has 4 heteroatoms. The van der Waals surface area contributed by atoms with Gasteiger partial charge in [-0.2, -0.15) is 0 Å². The van der Waals surface area contributed by atoms with Gasteiger partial charge in [-0.1, -0.05) is 27.7 Å². The van der Waals surface area contributed by atoms with Crippen LogP contribution in [0.15, 0.2) is 12.1 Å². The second-order valence-electron chi connectivity index (χ2n) is 4.60. The molecule has 1 aromatic rings. The maximum atomic E-state index is 10.8. The third-order valence-electron chi connectivity index (χ3n) is 2.68. The number of nitro benzene ring substituents is 1. The SMILES string of the molecule is CC(C)c1cc([N+](=O)[O-])cc(C(C)C)c1N. The number of anilines is 1. The molecular formula is C12H18N2O2. The van der Waals surface area contributed by atoms with Gasteiger partial charge in [0.15, 0.2) is 0 Å². The van der Waals surface area contributed by atoms with E-state index in [9.17, 15) is 10.1 Å². The van der Waals surface area contributed by atoms with Crippen LogP contribution in [0.4, 0.5) is 11.4 Å². The van der Waals surface area contributed by atoms with Gasteiger partial charge >= 0.3 is 0 Å². The summed E-state index contributed by atoms with van der Waals surface area (Å²) in [5.41, 5.74) is 8.57. The standard InChI is InChI=1S/C12H18N2O2/c1-7(2)10-5-9(14(15)16)6-11(8(3)4)12(10)13/h5-8H,13H2,1-4H3. The summed E-state index contributed by atoms with van der Waals surface area (Å²) in [6.07, 6.45) is 0. The van der Waals surface area contributed by atoms with Crippen LogP contribution < -0.4 is 5.73 Å². The molecule has 0 aliphatic carbocycles. The molecule has 0 spiro atoms. The molecule has 0 heterocycles. The Morgan fingerprint density at radius 1 is 1.12 bits per heavy atom. The van der Waals surface area contributed by atoms with Crippen molar-refractivity contribution in [2.45, 2.75) is 39.5 Å². The molecule has 0 saturated heterocycles. The van der Waals surface area contributed by atoms with Gasteiger partial charge in [-0.05, 0) is 23.0 Å². The first-order valence-electron chi connectivity index (χ1n) is 5.42. The average molecular weight is 222 g/mol. The Balaban J connectivity index is 3.45. The molecule has 0 atom stereocenters. The topological polar surface area (TPSA) is 69.2 Å². The minimum Gasteiger partial charge on any atom is -0.398 e. The highest BCUT2D eigenvalue weighted by molar-refractivity contribution is 5.61. The molecule has 16 heavy (non-hydrogen) atoms. The van der Waals surface area contributed by atoms with Gasteiger partial charge in [-0.3, -0.25) is 10.1 Å². The van der Waals surface area contributed by atoms with E-state index in [4.69, 9.17) is 5.73 Å². The number of nitrogens with zero attached hydrogens (tertiary/aromatic N) is 1. The van der Waals surface area contributed by atoms with E-state index in [1.54, 1.807) is 12.1 Å². The van der Waals surface area contributed by atoms with Crippen molar-refractivity contribution < 1.29 is 4.92 Å². The molecule has 0 aromatic heterocycles. The van der Waals surface area contributed by atoms with E-state index in [2.05, 4.69) is 0 Å². The third-order valence-corrected chi connectivity index (χ3v) is 2.68. The lowest BCUT2D eigenvalue weighted by atomic mass is 9.92. The van der Waals surface area contributed by atoms with Gasteiger partial charge in [0.2, 0.25) is 0 Å². The molecule has 1 rings (SSSR count). The monoisotopic (exact) mass is 222 g/mol. The summed E-state index contributed by atoms with van der Waals surface area (Å²) in [7, 11) is 0. The molecule has 0 saturated carbocycles. The molecule has 0 amide bonds. The van der Waals surface area contributed by atoms with Crippen LogP contribution in [-0.4, -0.2) is 4.92 Å². The number of benzene rings is 1. The van der Waals surface area contributed by atoms with E-state index in [1.807, 2.05) is 27.7 Å². The van der Waals surface area contributed by atoms with E-state index in [0.717, 1.165) is 11.1 Å². The van der Waals surface area contributed by atoms with Crippen LogP contribution in [0.25, 0.3) is 0 Å². The summed E-state index contributed by atoms with van der Waals surface area (Å²) in [4.78, 5) is 10.5. The Bertz CT molecular complexity index is 382. The lowest BCUT2D eigenvalue weighted by Crippen LogP contribution is -2.04. The van der Waals surface area contributed by atoms with Crippen LogP contribution in [-0.2, 0) is 0 Å². The van der Waals surface area contributed by atoms with Gasteiger partial charge in [0.1, 0.15) is 0 Å². The maximum absolute atomic E-state index is 10.8. The number of nitrogens with two attached hydrogens (primary N) is 1. The Morgan fingerprint density at radius 2 is 1.50 bits per heavy atom. The van der Waals surface area contributed by atoms with Crippen LogP contribution >= 0.6 is 0 Å². The zero-order chi connectivity index (χ0) is 12.5. The van der Waals surface area contributed by atoms with Crippen LogP contribution in [0, 0.1) is 10.1 Å². The molecule has 0 unspecified atom stereocenters. The fraction of sp³-hybridized carbons (Fsp3) is 0.500. The van der Waals surface area contributed by atoms with Gasteiger partial charge in [0, 0.05) is 17.8 Å². The Morgan fingerprint density at radius 3 is 1.75 bits per heavy atom. The predicted octanol–water partition coefficient (Wildman–Crippen LogP) is 3.42. The Labute approximate surface area is 95.6 Å². The number of nitrogen functional groups attached to an aromatic ring is 1. The van der Waals surface area contributed by atoms with Crippen molar-refractivity contribution in [1.82, 2.24) is 0 Å². The predicted molar refractivity (Wildman–Crippen MR) is 65.7 cm³/mol. The summed E-state index contributed by atoms with van der Waals surface area (Å²) < 4.78 is 0. The highest BCUT2D eigenvalue weighted by Crippen LogP contribution is 2.33. The molecule has 2 N–H and O–H groups in total. The van der Waals surface area contributed by atoms with Crippen molar-refractivity contribution in [1.29, 1.82) is 0 Å². The van der Waals surface area contributed by atoms with Crippen molar-refractivity contribution in [3.63, 3.8) is 0 Å². The van der Waals surface area contributed by atoms with E-state index < -0.39 is 0 Å². The minimum absolute atomic E-state index is 0.126. The summed E-state index contributed by atoms with van der Waals surface area (Å²) in [5.74, 6) is 0.384.